The highest BCUT2D eigenvalue weighted by atomic mass is 35.5. The summed E-state index contributed by atoms with van der Waals surface area (Å²) in [7, 11) is 0. The fourth-order valence-corrected chi connectivity index (χ4v) is 4.91. The van der Waals surface area contributed by atoms with E-state index in [9.17, 15) is 19.7 Å². The van der Waals surface area contributed by atoms with Crippen LogP contribution in [0, 0.1) is 16.0 Å². The fraction of sp³-hybridized carbons (Fsp3) is 0.310. The molecule has 0 radical (unpaired) electrons. The van der Waals surface area contributed by atoms with Gasteiger partial charge in [0.05, 0.1) is 10.7 Å². The summed E-state index contributed by atoms with van der Waals surface area (Å²) in [4.78, 5) is 39.2. The molecule has 0 saturated heterocycles. The number of rotatable bonds is 13. The number of nitro benzene ring substituents is 1. The summed E-state index contributed by atoms with van der Waals surface area (Å²) < 4.78 is 0. The first-order valence-electron chi connectivity index (χ1n) is 12.4. The van der Waals surface area contributed by atoms with Crippen LogP contribution in [-0.2, 0) is 28.3 Å². The highest BCUT2D eigenvalue weighted by molar-refractivity contribution is 7.99. The molecule has 0 bridgehead atoms. The molecule has 3 rings (SSSR count). The van der Waals surface area contributed by atoms with Gasteiger partial charge in [-0.05, 0) is 28.7 Å². The Balaban J connectivity index is 1.82. The molecule has 3 aromatic rings. The normalized spacial score (nSPS) is 11.7. The van der Waals surface area contributed by atoms with Crippen LogP contribution in [0.1, 0.15) is 30.5 Å². The molecule has 0 spiro atoms. The zero-order chi connectivity index (χ0) is 27.5. The molecule has 0 aliphatic rings. The Bertz CT molecular complexity index is 1220. The standard InChI is InChI=1S/C29H32ClN3O4S/c1-21(2)17-31-29(35)27(16-22-8-4-3-5-9-22)32(18-24-10-6-7-11-26(24)30)28(34)20-38-19-23-12-14-25(15-13-23)33(36)37/h3-15,21,27H,16-20H2,1-2H3,(H,31,35). The van der Waals surface area contributed by atoms with Crippen molar-refractivity contribution in [2.75, 3.05) is 12.3 Å². The van der Waals surface area contributed by atoms with E-state index >= 15 is 0 Å². The molecular formula is C29H32ClN3O4S. The summed E-state index contributed by atoms with van der Waals surface area (Å²) in [6.45, 7) is 4.75. The average Bonchev–Trinajstić information content (AvgIpc) is 2.91. The molecule has 0 aliphatic heterocycles. The van der Waals surface area contributed by atoms with Crippen molar-refractivity contribution >= 4 is 40.9 Å². The van der Waals surface area contributed by atoms with Crippen LogP contribution in [0.5, 0.6) is 0 Å². The van der Waals surface area contributed by atoms with Crippen LogP contribution in [0.3, 0.4) is 0 Å². The van der Waals surface area contributed by atoms with Crippen LogP contribution in [0.15, 0.2) is 78.9 Å². The number of hydrogen-bond acceptors (Lipinski definition) is 5. The Morgan fingerprint density at radius 3 is 2.26 bits per heavy atom. The van der Waals surface area contributed by atoms with Gasteiger partial charge in [0.25, 0.3) is 5.69 Å². The first-order valence-corrected chi connectivity index (χ1v) is 13.9. The van der Waals surface area contributed by atoms with E-state index in [0.717, 1.165) is 16.7 Å². The third-order valence-corrected chi connectivity index (χ3v) is 7.25. The highest BCUT2D eigenvalue weighted by Gasteiger charge is 2.30. The van der Waals surface area contributed by atoms with Crippen molar-refractivity contribution in [3.05, 3.63) is 111 Å². The number of thioether (sulfide) groups is 1. The maximum atomic E-state index is 13.7. The molecule has 0 heterocycles. The number of nitrogens with zero attached hydrogens (tertiary/aromatic N) is 2. The fourth-order valence-electron chi connectivity index (χ4n) is 3.84. The number of amides is 2. The molecular weight excluding hydrogens is 522 g/mol. The Morgan fingerprint density at radius 2 is 1.63 bits per heavy atom. The quantitative estimate of drug-likeness (QED) is 0.210. The summed E-state index contributed by atoms with van der Waals surface area (Å²) in [5, 5.41) is 14.4. The van der Waals surface area contributed by atoms with Gasteiger partial charge in [0.1, 0.15) is 6.04 Å². The van der Waals surface area contributed by atoms with Gasteiger partial charge >= 0.3 is 0 Å². The zero-order valence-electron chi connectivity index (χ0n) is 21.5. The van der Waals surface area contributed by atoms with E-state index in [1.807, 2.05) is 62.4 Å². The van der Waals surface area contributed by atoms with Gasteiger partial charge in [-0.1, -0.05) is 86.1 Å². The maximum Gasteiger partial charge on any atom is 0.269 e. The van der Waals surface area contributed by atoms with E-state index in [-0.39, 0.29) is 35.7 Å². The van der Waals surface area contributed by atoms with Crippen molar-refractivity contribution < 1.29 is 14.5 Å². The van der Waals surface area contributed by atoms with Gasteiger partial charge in [-0.15, -0.1) is 11.8 Å². The van der Waals surface area contributed by atoms with Crippen molar-refractivity contribution in [3.63, 3.8) is 0 Å². The van der Waals surface area contributed by atoms with Gasteiger partial charge < -0.3 is 10.2 Å². The third-order valence-electron chi connectivity index (χ3n) is 5.90. The number of hydrogen-bond donors (Lipinski definition) is 1. The molecule has 2 amide bonds. The SMILES string of the molecule is CC(C)CNC(=O)C(Cc1ccccc1)N(Cc1ccccc1Cl)C(=O)CSCc1ccc([N+](=O)[O-])cc1. The summed E-state index contributed by atoms with van der Waals surface area (Å²) >= 11 is 7.85. The summed E-state index contributed by atoms with van der Waals surface area (Å²) in [6, 6.07) is 22.5. The van der Waals surface area contributed by atoms with Crippen molar-refractivity contribution in [1.82, 2.24) is 10.2 Å². The lowest BCUT2D eigenvalue weighted by atomic mass is 10.0. The molecule has 0 aromatic heterocycles. The number of non-ortho nitro benzene ring substituents is 1. The first-order chi connectivity index (χ1) is 18.2. The largest absolute Gasteiger partial charge is 0.354 e. The minimum Gasteiger partial charge on any atom is -0.354 e. The molecule has 1 unspecified atom stereocenters. The van der Waals surface area contributed by atoms with Crippen LogP contribution >= 0.6 is 23.4 Å². The van der Waals surface area contributed by atoms with Crippen LogP contribution in [0.2, 0.25) is 5.02 Å². The van der Waals surface area contributed by atoms with Gasteiger partial charge in [0.15, 0.2) is 0 Å². The van der Waals surface area contributed by atoms with E-state index in [0.29, 0.717) is 23.7 Å². The van der Waals surface area contributed by atoms with Crippen molar-refractivity contribution in [2.45, 2.75) is 38.6 Å². The van der Waals surface area contributed by atoms with E-state index in [4.69, 9.17) is 11.6 Å². The second-order valence-electron chi connectivity index (χ2n) is 9.37. The predicted octanol–water partition coefficient (Wildman–Crippen LogP) is 5.89. The molecule has 38 heavy (non-hydrogen) atoms. The molecule has 0 aliphatic carbocycles. The molecule has 0 saturated carbocycles. The Morgan fingerprint density at radius 1 is 0.974 bits per heavy atom. The van der Waals surface area contributed by atoms with Crippen molar-refractivity contribution in [3.8, 4) is 0 Å². The number of benzene rings is 3. The Labute approximate surface area is 232 Å². The van der Waals surface area contributed by atoms with Gasteiger partial charge in [-0.25, -0.2) is 0 Å². The smallest absolute Gasteiger partial charge is 0.269 e. The van der Waals surface area contributed by atoms with Crippen LogP contribution < -0.4 is 5.32 Å². The minimum absolute atomic E-state index is 0.0249. The van der Waals surface area contributed by atoms with Gasteiger partial charge in [-0.2, -0.15) is 0 Å². The van der Waals surface area contributed by atoms with Gasteiger partial charge in [0, 0.05) is 42.4 Å². The predicted molar refractivity (Wildman–Crippen MR) is 153 cm³/mol. The number of nitro groups is 1. The highest BCUT2D eigenvalue weighted by Crippen LogP contribution is 2.23. The Kier molecular flexibility index (Phi) is 11.2. The Hall–Kier alpha value is -3.36. The molecule has 1 atom stereocenters. The lowest BCUT2D eigenvalue weighted by molar-refractivity contribution is -0.384. The lowest BCUT2D eigenvalue weighted by Crippen LogP contribution is -2.51. The average molecular weight is 554 g/mol. The van der Waals surface area contributed by atoms with Gasteiger partial charge in [-0.3, -0.25) is 19.7 Å². The molecule has 200 valence electrons. The van der Waals surface area contributed by atoms with E-state index in [1.54, 1.807) is 23.1 Å². The molecule has 3 aromatic carbocycles. The monoisotopic (exact) mass is 553 g/mol. The second kappa shape index (κ2) is 14.5. The lowest BCUT2D eigenvalue weighted by Gasteiger charge is -2.32. The number of halogens is 1. The summed E-state index contributed by atoms with van der Waals surface area (Å²) in [6.07, 6.45) is 0.369. The van der Waals surface area contributed by atoms with Crippen LogP contribution in [-0.4, -0.2) is 40.0 Å². The van der Waals surface area contributed by atoms with Crippen LogP contribution in [0.25, 0.3) is 0 Å². The van der Waals surface area contributed by atoms with E-state index in [2.05, 4.69) is 5.32 Å². The first kappa shape index (κ1) is 29.2. The van der Waals surface area contributed by atoms with E-state index in [1.165, 1.54) is 23.9 Å². The van der Waals surface area contributed by atoms with E-state index < -0.39 is 11.0 Å². The van der Waals surface area contributed by atoms with Crippen molar-refractivity contribution in [2.24, 2.45) is 5.92 Å². The molecule has 9 heteroatoms. The number of nitrogens with one attached hydrogen (secondary N) is 1. The summed E-state index contributed by atoms with van der Waals surface area (Å²) in [5.41, 5.74) is 2.61. The molecule has 1 N–H and O–H groups in total. The van der Waals surface area contributed by atoms with Gasteiger partial charge in [0.2, 0.25) is 11.8 Å². The molecule has 7 nitrogen and oxygen atoms in total. The third kappa shape index (κ3) is 8.89. The minimum atomic E-state index is -0.722. The molecule has 0 fully saturated rings. The zero-order valence-corrected chi connectivity index (χ0v) is 23.1. The maximum absolute atomic E-state index is 13.7. The number of carbonyl (C=O) groups is 2. The second-order valence-corrected chi connectivity index (χ2v) is 10.8. The van der Waals surface area contributed by atoms with Crippen molar-refractivity contribution in [1.29, 1.82) is 0 Å². The topological polar surface area (TPSA) is 92.6 Å². The number of carbonyl (C=O) groups excluding carboxylic acids is 2. The summed E-state index contributed by atoms with van der Waals surface area (Å²) in [5.74, 6) is 0.526. The van der Waals surface area contributed by atoms with Crippen LogP contribution in [0.4, 0.5) is 5.69 Å².